The fraction of sp³-hybridized carbons (Fsp3) is 0.750. The van der Waals surface area contributed by atoms with E-state index in [2.05, 4.69) is 10.0 Å². The van der Waals surface area contributed by atoms with E-state index in [9.17, 15) is 14.5 Å². The first-order valence-corrected chi connectivity index (χ1v) is 4.50. The number of hydrogen-bond donors (Lipinski definition) is 1. The van der Waals surface area contributed by atoms with Crippen LogP contribution in [0.1, 0.15) is 12.8 Å². The van der Waals surface area contributed by atoms with Gasteiger partial charge in [0.15, 0.2) is 0 Å². The normalized spacial score (nSPS) is 25.8. The molecular formula is C8H12N2O5. The van der Waals surface area contributed by atoms with E-state index in [1.807, 2.05) is 0 Å². The lowest BCUT2D eigenvalue weighted by Gasteiger charge is -2.31. The Labute approximate surface area is 85.9 Å². The minimum absolute atomic E-state index is 0.00708. The van der Waals surface area contributed by atoms with Crippen LogP contribution in [-0.2, 0) is 14.3 Å². The molecule has 0 radical (unpaired) electrons. The summed E-state index contributed by atoms with van der Waals surface area (Å²) in [7, 11) is 1.25. The van der Waals surface area contributed by atoms with Crippen molar-refractivity contribution in [2.24, 2.45) is 11.2 Å². The number of carbonyl (C=O) groups excluding carboxylic acids is 1. The number of carbonyl (C=O) groups is 2. The zero-order valence-corrected chi connectivity index (χ0v) is 8.25. The Balaban J connectivity index is 2.66. The highest BCUT2D eigenvalue weighted by molar-refractivity contribution is 5.76. The lowest BCUT2D eigenvalue weighted by molar-refractivity contribution is -0.153. The van der Waals surface area contributed by atoms with Crippen LogP contribution in [0.25, 0.3) is 0 Å². The summed E-state index contributed by atoms with van der Waals surface area (Å²) in [6.07, 6.45) is 0.622. The van der Waals surface area contributed by atoms with Crippen molar-refractivity contribution in [3.8, 4) is 0 Å². The van der Waals surface area contributed by atoms with E-state index in [0.717, 1.165) is 5.01 Å². The number of carboxylic acids is 1. The summed E-state index contributed by atoms with van der Waals surface area (Å²) in [4.78, 5) is 32.3. The number of ether oxygens (including phenoxy) is 1. The Morgan fingerprint density at radius 3 is 2.60 bits per heavy atom. The van der Waals surface area contributed by atoms with E-state index in [1.165, 1.54) is 7.11 Å². The van der Waals surface area contributed by atoms with Gasteiger partial charge in [-0.25, -0.2) is 9.80 Å². The van der Waals surface area contributed by atoms with Crippen molar-refractivity contribution in [1.29, 1.82) is 0 Å². The third-order valence-corrected chi connectivity index (χ3v) is 2.48. The summed E-state index contributed by atoms with van der Waals surface area (Å²) >= 11 is 0. The van der Waals surface area contributed by atoms with Gasteiger partial charge in [0, 0.05) is 0 Å². The number of nitroso groups, excluding NO2 is 1. The molecule has 1 heterocycles. The van der Waals surface area contributed by atoms with E-state index in [4.69, 9.17) is 5.11 Å². The number of hydrogen-bond acceptors (Lipinski definition) is 5. The van der Waals surface area contributed by atoms with Crippen LogP contribution in [-0.4, -0.2) is 41.8 Å². The molecule has 7 nitrogen and oxygen atoms in total. The molecule has 0 spiro atoms. The van der Waals surface area contributed by atoms with Crippen LogP contribution in [0, 0.1) is 10.8 Å². The van der Waals surface area contributed by atoms with Crippen molar-refractivity contribution >= 4 is 11.9 Å². The number of rotatable bonds is 3. The summed E-state index contributed by atoms with van der Waals surface area (Å²) < 4.78 is 4.52. The van der Waals surface area contributed by atoms with E-state index >= 15 is 0 Å². The molecule has 0 amide bonds. The number of carboxylic acid groups (broad SMARTS) is 1. The molecule has 1 N–H and O–H groups in total. The van der Waals surface area contributed by atoms with Crippen molar-refractivity contribution in [1.82, 2.24) is 5.01 Å². The maximum atomic E-state index is 11.2. The van der Waals surface area contributed by atoms with Crippen molar-refractivity contribution in [3.63, 3.8) is 0 Å². The largest absolute Gasteiger partial charge is 0.480 e. The Morgan fingerprint density at radius 2 is 2.13 bits per heavy atom. The number of aliphatic carboxylic acids is 1. The van der Waals surface area contributed by atoms with Gasteiger partial charge in [-0.05, 0) is 12.8 Å². The van der Waals surface area contributed by atoms with Crippen LogP contribution >= 0.6 is 0 Å². The predicted molar refractivity (Wildman–Crippen MR) is 48.7 cm³/mol. The Morgan fingerprint density at radius 1 is 1.47 bits per heavy atom. The van der Waals surface area contributed by atoms with Crippen molar-refractivity contribution in [3.05, 3.63) is 4.91 Å². The molecule has 0 bridgehead atoms. The zero-order chi connectivity index (χ0) is 11.4. The second-order valence-electron chi connectivity index (χ2n) is 3.36. The van der Waals surface area contributed by atoms with Gasteiger partial charge in [0.2, 0.25) is 0 Å². The molecule has 7 heteroatoms. The van der Waals surface area contributed by atoms with Gasteiger partial charge in [0.05, 0.1) is 24.9 Å². The van der Waals surface area contributed by atoms with E-state index in [-0.39, 0.29) is 13.0 Å². The van der Waals surface area contributed by atoms with Crippen LogP contribution in [0.2, 0.25) is 0 Å². The van der Waals surface area contributed by atoms with Crippen LogP contribution in [0.15, 0.2) is 5.29 Å². The summed E-state index contributed by atoms with van der Waals surface area (Å²) in [5.74, 6) is -2.01. The van der Waals surface area contributed by atoms with E-state index in [0.29, 0.717) is 6.42 Å². The Hall–Kier alpha value is -1.66. The lowest BCUT2D eigenvalue weighted by atomic mass is 9.94. The standard InChI is InChI=1S/C8H12N2O5/c1-15-8(13)5-2-3-6(7(11)12)10(4-5)9-14/h5-6H,2-4H2,1H3,(H,11,12). The highest BCUT2D eigenvalue weighted by atomic mass is 16.5. The van der Waals surface area contributed by atoms with Gasteiger partial charge < -0.3 is 9.84 Å². The molecule has 84 valence electrons. The van der Waals surface area contributed by atoms with Crippen LogP contribution < -0.4 is 0 Å². The first kappa shape index (κ1) is 11.4. The van der Waals surface area contributed by atoms with Gasteiger partial charge in [-0.1, -0.05) is 0 Å². The number of methoxy groups -OCH3 is 1. The minimum atomic E-state index is -1.10. The summed E-state index contributed by atoms with van der Waals surface area (Å²) in [6.45, 7) is 0.00708. The first-order valence-electron chi connectivity index (χ1n) is 4.50. The van der Waals surface area contributed by atoms with E-state index in [1.54, 1.807) is 0 Å². The highest BCUT2D eigenvalue weighted by Gasteiger charge is 2.36. The molecule has 0 aromatic rings. The molecule has 0 saturated carbocycles. The number of piperidine rings is 1. The number of nitrogens with zero attached hydrogens (tertiary/aromatic N) is 2. The van der Waals surface area contributed by atoms with Crippen molar-refractivity contribution < 1.29 is 19.4 Å². The molecule has 2 unspecified atom stereocenters. The van der Waals surface area contributed by atoms with Crippen LogP contribution in [0.3, 0.4) is 0 Å². The fourth-order valence-electron chi connectivity index (χ4n) is 1.65. The second-order valence-corrected chi connectivity index (χ2v) is 3.36. The topological polar surface area (TPSA) is 96.3 Å². The van der Waals surface area contributed by atoms with Gasteiger partial charge in [0.25, 0.3) is 0 Å². The monoisotopic (exact) mass is 216 g/mol. The average Bonchev–Trinajstić information content (AvgIpc) is 2.26. The van der Waals surface area contributed by atoms with Gasteiger partial charge in [-0.15, -0.1) is 4.91 Å². The SMILES string of the molecule is COC(=O)C1CCC(C(=O)O)N(N=O)C1. The quantitative estimate of drug-likeness (QED) is 0.527. The van der Waals surface area contributed by atoms with Crippen molar-refractivity contribution in [2.75, 3.05) is 13.7 Å². The Kier molecular flexibility index (Phi) is 3.59. The minimum Gasteiger partial charge on any atom is -0.480 e. The molecule has 2 atom stereocenters. The molecule has 1 fully saturated rings. The number of esters is 1. The summed E-state index contributed by atoms with van der Waals surface area (Å²) in [6, 6.07) is -0.927. The molecule has 1 aliphatic rings. The van der Waals surface area contributed by atoms with Gasteiger partial charge in [-0.2, -0.15) is 0 Å². The third kappa shape index (κ3) is 2.42. The van der Waals surface area contributed by atoms with Crippen LogP contribution in [0.4, 0.5) is 0 Å². The average molecular weight is 216 g/mol. The van der Waals surface area contributed by atoms with Crippen LogP contribution in [0.5, 0.6) is 0 Å². The molecule has 1 rings (SSSR count). The van der Waals surface area contributed by atoms with Gasteiger partial charge in [0.1, 0.15) is 6.04 Å². The van der Waals surface area contributed by atoms with Crippen molar-refractivity contribution in [2.45, 2.75) is 18.9 Å². The molecule has 0 aliphatic carbocycles. The summed E-state index contributed by atoms with van der Waals surface area (Å²) in [5.41, 5.74) is 0. The zero-order valence-electron chi connectivity index (χ0n) is 8.25. The highest BCUT2D eigenvalue weighted by Crippen LogP contribution is 2.23. The van der Waals surface area contributed by atoms with Gasteiger partial charge in [-0.3, -0.25) is 4.79 Å². The fourth-order valence-corrected chi connectivity index (χ4v) is 1.65. The molecule has 1 saturated heterocycles. The Bertz CT molecular complexity index is 280. The molecule has 0 aromatic carbocycles. The second kappa shape index (κ2) is 4.72. The lowest BCUT2D eigenvalue weighted by Crippen LogP contribution is -2.46. The third-order valence-electron chi connectivity index (χ3n) is 2.48. The molecule has 15 heavy (non-hydrogen) atoms. The maximum absolute atomic E-state index is 11.2. The van der Waals surface area contributed by atoms with E-state index < -0.39 is 23.9 Å². The molecular weight excluding hydrogens is 204 g/mol. The smallest absolute Gasteiger partial charge is 0.328 e. The molecule has 1 aliphatic heterocycles. The molecule has 0 aromatic heterocycles. The summed E-state index contributed by atoms with van der Waals surface area (Å²) in [5, 5.41) is 12.3. The van der Waals surface area contributed by atoms with Gasteiger partial charge >= 0.3 is 11.9 Å². The first-order chi connectivity index (χ1) is 7.10. The predicted octanol–water partition coefficient (Wildman–Crippen LogP) is 0.00600. The maximum Gasteiger partial charge on any atom is 0.328 e.